The number of hydrogen-bond donors (Lipinski definition) is 2. The molecule has 0 aliphatic carbocycles. The molecular formula is C16H18F3N3O. The Morgan fingerprint density at radius 1 is 1.35 bits per heavy atom. The largest absolute Gasteiger partial charge is 0.416 e. The molecule has 0 aliphatic rings. The standard InChI is InChI=1S/C16H18F3N3O/c1-2-12(22-15(23)10-14-20-7-8-21-14)9-11-5-3-4-6-13(11)16(17,18)19/h3-8,12H,2,9-10H2,1H3,(H,20,21)(H,22,23). The second-order valence-electron chi connectivity index (χ2n) is 5.24. The van der Waals surface area contributed by atoms with Crippen molar-refractivity contribution in [3.63, 3.8) is 0 Å². The molecule has 0 fully saturated rings. The summed E-state index contributed by atoms with van der Waals surface area (Å²) in [6, 6.07) is 5.09. The molecule has 1 heterocycles. The molecule has 0 saturated heterocycles. The van der Waals surface area contributed by atoms with E-state index in [0.717, 1.165) is 6.07 Å². The van der Waals surface area contributed by atoms with Crippen molar-refractivity contribution in [3.8, 4) is 0 Å². The van der Waals surface area contributed by atoms with Crippen LogP contribution in [0.1, 0.15) is 30.3 Å². The molecule has 0 radical (unpaired) electrons. The van der Waals surface area contributed by atoms with Crippen LogP contribution in [0.2, 0.25) is 0 Å². The van der Waals surface area contributed by atoms with Crippen molar-refractivity contribution >= 4 is 5.91 Å². The van der Waals surface area contributed by atoms with E-state index in [1.54, 1.807) is 18.5 Å². The number of imidazole rings is 1. The van der Waals surface area contributed by atoms with Crippen LogP contribution in [-0.4, -0.2) is 21.9 Å². The van der Waals surface area contributed by atoms with Gasteiger partial charge in [-0.1, -0.05) is 25.1 Å². The van der Waals surface area contributed by atoms with E-state index in [1.807, 2.05) is 6.92 Å². The Morgan fingerprint density at radius 2 is 2.09 bits per heavy atom. The van der Waals surface area contributed by atoms with Crippen LogP contribution in [0.4, 0.5) is 13.2 Å². The highest BCUT2D eigenvalue weighted by Crippen LogP contribution is 2.32. The molecule has 0 spiro atoms. The van der Waals surface area contributed by atoms with E-state index in [4.69, 9.17) is 0 Å². The number of rotatable bonds is 6. The van der Waals surface area contributed by atoms with E-state index in [0.29, 0.717) is 12.2 Å². The molecular weight excluding hydrogens is 307 g/mol. The van der Waals surface area contributed by atoms with Crippen LogP contribution in [-0.2, 0) is 23.8 Å². The molecule has 1 aromatic heterocycles. The first-order valence-electron chi connectivity index (χ1n) is 7.33. The number of alkyl halides is 3. The van der Waals surface area contributed by atoms with Gasteiger partial charge in [0.25, 0.3) is 0 Å². The Hall–Kier alpha value is -2.31. The van der Waals surface area contributed by atoms with E-state index in [2.05, 4.69) is 15.3 Å². The highest BCUT2D eigenvalue weighted by atomic mass is 19.4. The number of amides is 1. The molecule has 23 heavy (non-hydrogen) atoms. The average Bonchev–Trinajstić information content (AvgIpc) is 2.98. The van der Waals surface area contributed by atoms with E-state index in [-0.39, 0.29) is 30.4 Å². The number of aromatic nitrogens is 2. The van der Waals surface area contributed by atoms with Gasteiger partial charge in [0.05, 0.1) is 12.0 Å². The van der Waals surface area contributed by atoms with Gasteiger partial charge in [-0.2, -0.15) is 13.2 Å². The summed E-state index contributed by atoms with van der Waals surface area (Å²) in [4.78, 5) is 18.7. The molecule has 1 unspecified atom stereocenters. The number of nitrogens with zero attached hydrogens (tertiary/aromatic N) is 1. The molecule has 0 bridgehead atoms. The molecule has 1 aromatic carbocycles. The monoisotopic (exact) mass is 325 g/mol. The Bertz CT molecular complexity index is 638. The minimum atomic E-state index is -4.40. The lowest BCUT2D eigenvalue weighted by atomic mass is 9.98. The van der Waals surface area contributed by atoms with Gasteiger partial charge in [-0.25, -0.2) is 4.98 Å². The van der Waals surface area contributed by atoms with E-state index in [9.17, 15) is 18.0 Å². The second kappa shape index (κ2) is 7.30. The molecule has 2 N–H and O–H groups in total. The van der Waals surface area contributed by atoms with Crippen LogP contribution in [0.25, 0.3) is 0 Å². The Labute approximate surface area is 132 Å². The average molecular weight is 325 g/mol. The van der Waals surface area contributed by atoms with Gasteiger partial charge in [-0.05, 0) is 24.5 Å². The van der Waals surface area contributed by atoms with E-state index < -0.39 is 11.7 Å². The molecule has 1 amide bonds. The fraction of sp³-hybridized carbons (Fsp3) is 0.375. The molecule has 0 aliphatic heterocycles. The fourth-order valence-electron chi connectivity index (χ4n) is 2.36. The Balaban J connectivity index is 2.04. The molecule has 2 rings (SSSR count). The maximum atomic E-state index is 13.0. The number of aromatic amines is 1. The number of halogens is 3. The summed E-state index contributed by atoms with van der Waals surface area (Å²) in [5, 5.41) is 2.77. The van der Waals surface area contributed by atoms with Crippen LogP contribution < -0.4 is 5.32 Å². The predicted molar refractivity (Wildman–Crippen MR) is 79.7 cm³/mol. The third-order valence-electron chi connectivity index (χ3n) is 3.53. The first-order valence-corrected chi connectivity index (χ1v) is 7.33. The highest BCUT2D eigenvalue weighted by Gasteiger charge is 2.33. The molecule has 4 nitrogen and oxygen atoms in total. The normalized spacial score (nSPS) is 12.9. The summed E-state index contributed by atoms with van der Waals surface area (Å²) in [6.07, 6.45) is -0.497. The zero-order chi connectivity index (χ0) is 16.9. The second-order valence-corrected chi connectivity index (χ2v) is 5.24. The number of carbonyl (C=O) groups is 1. The number of H-pyrrole nitrogens is 1. The first-order chi connectivity index (χ1) is 10.9. The lowest BCUT2D eigenvalue weighted by Crippen LogP contribution is -2.37. The fourth-order valence-corrected chi connectivity index (χ4v) is 2.36. The summed E-state index contributed by atoms with van der Waals surface area (Å²) in [5.41, 5.74) is -0.469. The minimum absolute atomic E-state index is 0.0738. The third-order valence-corrected chi connectivity index (χ3v) is 3.53. The summed E-state index contributed by atoms with van der Waals surface area (Å²) >= 11 is 0. The van der Waals surface area contributed by atoms with Crippen LogP contribution in [0.3, 0.4) is 0 Å². The van der Waals surface area contributed by atoms with Gasteiger partial charge in [0.1, 0.15) is 5.82 Å². The zero-order valence-electron chi connectivity index (χ0n) is 12.7. The molecule has 7 heteroatoms. The van der Waals surface area contributed by atoms with Crippen LogP contribution in [0.5, 0.6) is 0 Å². The van der Waals surface area contributed by atoms with Crippen LogP contribution in [0.15, 0.2) is 36.7 Å². The summed E-state index contributed by atoms with van der Waals surface area (Å²) in [5.74, 6) is 0.254. The van der Waals surface area contributed by atoms with Crippen LogP contribution >= 0.6 is 0 Å². The SMILES string of the molecule is CCC(Cc1ccccc1C(F)(F)F)NC(=O)Cc1ncc[nH]1. The quantitative estimate of drug-likeness (QED) is 0.857. The van der Waals surface area contributed by atoms with E-state index >= 15 is 0 Å². The smallest absolute Gasteiger partial charge is 0.353 e. The van der Waals surface area contributed by atoms with Gasteiger partial charge < -0.3 is 10.3 Å². The molecule has 2 aromatic rings. The maximum Gasteiger partial charge on any atom is 0.416 e. The van der Waals surface area contributed by atoms with E-state index in [1.165, 1.54) is 12.1 Å². The van der Waals surface area contributed by atoms with Crippen LogP contribution in [0, 0.1) is 0 Å². The predicted octanol–water partition coefficient (Wildman–Crippen LogP) is 3.11. The van der Waals surface area contributed by atoms with Gasteiger partial charge in [-0.3, -0.25) is 4.79 Å². The molecule has 1 atom stereocenters. The summed E-state index contributed by atoms with van der Waals surface area (Å²) in [6.45, 7) is 1.83. The van der Waals surface area contributed by atoms with Gasteiger partial charge >= 0.3 is 6.18 Å². The van der Waals surface area contributed by atoms with Crippen molar-refractivity contribution < 1.29 is 18.0 Å². The van der Waals surface area contributed by atoms with Crippen molar-refractivity contribution in [3.05, 3.63) is 53.6 Å². The molecule has 0 saturated carbocycles. The van der Waals surface area contributed by atoms with Crippen molar-refractivity contribution in [2.45, 2.75) is 38.4 Å². The molecule has 124 valence electrons. The van der Waals surface area contributed by atoms with Gasteiger partial charge in [0.15, 0.2) is 0 Å². The highest BCUT2D eigenvalue weighted by molar-refractivity contribution is 5.78. The van der Waals surface area contributed by atoms with Gasteiger partial charge in [0, 0.05) is 18.4 Å². The Morgan fingerprint density at radius 3 is 2.70 bits per heavy atom. The summed E-state index contributed by atoms with van der Waals surface area (Å²) in [7, 11) is 0. The number of carbonyl (C=O) groups excluding carboxylic acids is 1. The maximum absolute atomic E-state index is 13.0. The number of benzene rings is 1. The first kappa shape index (κ1) is 17.1. The van der Waals surface area contributed by atoms with Crippen molar-refractivity contribution in [2.24, 2.45) is 0 Å². The summed E-state index contributed by atoms with van der Waals surface area (Å²) < 4.78 is 39.1. The van der Waals surface area contributed by atoms with Crippen molar-refractivity contribution in [2.75, 3.05) is 0 Å². The zero-order valence-corrected chi connectivity index (χ0v) is 12.7. The third kappa shape index (κ3) is 4.84. The van der Waals surface area contributed by atoms with Crippen molar-refractivity contribution in [1.82, 2.24) is 15.3 Å². The minimum Gasteiger partial charge on any atom is -0.353 e. The lowest BCUT2D eigenvalue weighted by molar-refractivity contribution is -0.138. The lowest BCUT2D eigenvalue weighted by Gasteiger charge is -2.19. The van der Waals surface area contributed by atoms with Gasteiger partial charge in [0.2, 0.25) is 5.91 Å². The van der Waals surface area contributed by atoms with Gasteiger partial charge in [-0.15, -0.1) is 0 Å². The topological polar surface area (TPSA) is 57.8 Å². The van der Waals surface area contributed by atoms with Crippen molar-refractivity contribution in [1.29, 1.82) is 0 Å². The number of hydrogen-bond acceptors (Lipinski definition) is 2. The number of nitrogens with one attached hydrogen (secondary N) is 2. The Kier molecular flexibility index (Phi) is 5.41.